The predicted molar refractivity (Wildman–Crippen MR) is 131 cm³/mol. The molecule has 0 spiro atoms. The van der Waals surface area contributed by atoms with E-state index in [1.165, 1.54) is 30.4 Å². The first kappa shape index (κ1) is 25.6. The lowest BCUT2D eigenvalue weighted by Crippen LogP contribution is -2.46. The van der Waals surface area contributed by atoms with Crippen molar-refractivity contribution in [2.75, 3.05) is 26.4 Å². The zero-order chi connectivity index (χ0) is 22.4. The van der Waals surface area contributed by atoms with Crippen LogP contribution in [0.25, 0.3) is 11.1 Å². The average Bonchev–Trinajstić information content (AvgIpc) is 2.78. The smallest absolute Gasteiger partial charge is 0.493 e. The molecule has 0 aliphatic carbocycles. The van der Waals surface area contributed by atoms with Gasteiger partial charge in [-0.2, -0.15) is 0 Å². The first-order valence-electron chi connectivity index (χ1n) is 11.9. The molecule has 0 bridgehead atoms. The minimum absolute atomic E-state index is 0.603. The lowest BCUT2D eigenvalue weighted by molar-refractivity contribution is 0.0696. The predicted octanol–water partition coefficient (Wildman–Crippen LogP) is 6.90. The third-order valence-electron chi connectivity index (χ3n) is 5.20. The largest absolute Gasteiger partial charge is 0.501 e. The Morgan fingerprint density at radius 2 is 1.39 bits per heavy atom. The number of benzene rings is 2. The first-order chi connectivity index (χ1) is 15.2. The van der Waals surface area contributed by atoms with Crippen molar-refractivity contribution in [3.05, 3.63) is 54.1 Å². The standard InChI is InChI=1S/C26H40O4Si/c1-5-9-11-18-24-19-14-20-25(23-16-12-10-13-17-23)26(24)27-21-15-22-31(28-6-2,29-7-3)30-8-4/h10,12-14,16-17,19-20H,5-9,11,15,18,21-22H2,1-4H3. The maximum absolute atomic E-state index is 6.44. The van der Waals surface area contributed by atoms with Crippen LogP contribution >= 0.6 is 0 Å². The Hall–Kier alpha value is -1.66. The van der Waals surface area contributed by atoms with Crippen LogP contribution in [0.5, 0.6) is 5.75 Å². The maximum Gasteiger partial charge on any atom is 0.501 e. The second-order valence-electron chi connectivity index (χ2n) is 7.55. The van der Waals surface area contributed by atoms with Gasteiger partial charge in [-0.25, -0.2) is 0 Å². The quantitative estimate of drug-likeness (QED) is 0.208. The van der Waals surface area contributed by atoms with Crippen molar-refractivity contribution in [1.82, 2.24) is 0 Å². The lowest BCUT2D eigenvalue weighted by atomic mass is 9.98. The summed E-state index contributed by atoms with van der Waals surface area (Å²) < 4.78 is 24.4. The van der Waals surface area contributed by atoms with Crippen molar-refractivity contribution in [3.63, 3.8) is 0 Å². The number of hydrogen-bond acceptors (Lipinski definition) is 4. The van der Waals surface area contributed by atoms with Crippen molar-refractivity contribution in [1.29, 1.82) is 0 Å². The number of aryl methyl sites for hydroxylation is 1. The van der Waals surface area contributed by atoms with Gasteiger partial charge in [0, 0.05) is 31.4 Å². The zero-order valence-corrected chi connectivity index (χ0v) is 20.8. The van der Waals surface area contributed by atoms with Crippen molar-refractivity contribution in [3.8, 4) is 16.9 Å². The van der Waals surface area contributed by atoms with Crippen LogP contribution in [0, 0.1) is 0 Å². The molecule has 4 nitrogen and oxygen atoms in total. The summed E-state index contributed by atoms with van der Waals surface area (Å²) in [6, 6.07) is 17.8. The van der Waals surface area contributed by atoms with E-state index in [1.807, 2.05) is 20.8 Å². The van der Waals surface area contributed by atoms with Crippen LogP contribution < -0.4 is 4.74 Å². The van der Waals surface area contributed by atoms with Gasteiger partial charge in [0.15, 0.2) is 0 Å². The summed E-state index contributed by atoms with van der Waals surface area (Å²) in [5.74, 6) is 1.02. The maximum atomic E-state index is 6.44. The molecule has 0 atom stereocenters. The van der Waals surface area contributed by atoms with Crippen LogP contribution in [-0.2, 0) is 19.7 Å². The molecule has 31 heavy (non-hydrogen) atoms. The molecular weight excluding hydrogens is 404 g/mol. The summed E-state index contributed by atoms with van der Waals surface area (Å²) in [7, 11) is -2.63. The Morgan fingerprint density at radius 3 is 2.00 bits per heavy atom. The van der Waals surface area contributed by atoms with Gasteiger partial charge in [-0.05, 0) is 51.2 Å². The molecule has 0 aliphatic heterocycles. The Kier molecular flexibility index (Phi) is 11.9. The van der Waals surface area contributed by atoms with Gasteiger partial charge >= 0.3 is 8.80 Å². The summed E-state index contributed by atoms with van der Waals surface area (Å²) in [4.78, 5) is 0. The van der Waals surface area contributed by atoms with Crippen LogP contribution in [0.15, 0.2) is 48.5 Å². The van der Waals surface area contributed by atoms with E-state index >= 15 is 0 Å². The van der Waals surface area contributed by atoms with Crippen LogP contribution in [0.1, 0.15) is 58.9 Å². The molecule has 172 valence electrons. The van der Waals surface area contributed by atoms with Crippen LogP contribution in [0.2, 0.25) is 6.04 Å². The number of para-hydroxylation sites is 1. The highest BCUT2D eigenvalue weighted by molar-refractivity contribution is 6.60. The number of rotatable bonds is 16. The molecule has 2 aromatic rings. The van der Waals surface area contributed by atoms with Gasteiger partial charge in [0.05, 0.1) is 6.61 Å². The van der Waals surface area contributed by atoms with Gasteiger partial charge in [-0.1, -0.05) is 68.3 Å². The highest BCUT2D eigenvalue weighted by Crippen LogP contribution is 2.34. The summed E-state index contributed by atoms with van der Waals surface area (Å²) in [6.45, 7) is 10.6. The van der Waals surface area contributed by atoms with E-state index in [1.54, 1.807) is 0 Å². The molecule has 2 aromatic carbocycles. The Morgan fingerprint density at radius 1 is 0.710 bits per heavy atom. The first-order valence-corrected chi connectivity index (χ1v) is 13.8. The Balaban J connectivity index is 2.14. The van der Waals surface area contributed by atoms with Crippen molar-refractivity contribution in [2.24, 2.45) is 0 Å². The third kappa shape index (κ3) is 8.07. The zero-order valence-electron chi connectivity index (χ0n) is 19.8. The highest BCUT2D eigenvalue weighted by atomic mass is 28.4. The lowest BCUT2D eigenvalue weighted by Gasteiger charge is -2.28. The molecule has 5 heteroatoms. The molecule has 0 fully saturated rings. The van der Waals surface area contributed by atoms with Crippen LogP contribution in [0.4, 0.5) is 0 Å². The van der Waals surface area contributed by atoms with E-state index in [0.29, 0.717) is 26.4 Å². The number of unbranched alkanes of at least 4 members (excludes halogenated alkanes) is 2. The second kappa shape index (κ2) is 14.4. The van der Waals surface area contributed by atoms with E-state index in [9.17, 15) is 0 Å². The molecular formula is C26H40O4Si. The van der Waals surface area contributed by atoms with Gasteiger partial charge in [0.1, 0.15) is 5.75 Å². The SMILES string of the molecule is CCCCCc1cccc(-c2ccccc2)c1OCCC[Si](OCC)(OCC)OCC. The molecule has 0 aromatic heterocycles. The molecule has 2 rings (SSSR count). The van der Waals surface area contributed by atoms with Crippen molar-refractivity contribution >= 4 is 8.80 Å². The summed E-state index contributed by atoms with van der Waals surface area (Å²) in [5, 5.41) is 0. The molecule has 0 unspecified atom stereocenters. The fourth-order valence-corrected chi connectivity index (χ4v) is 6.41. The fourth-order valence-electron chi connectivity index (χ4n) is 3.83. The van der Waals surface area contributed by atoms with E-state index < -0.39 is 8.80 Å². The normalized spacial score (nSPS) is 11.6. The molecule has 0 radical (unpaired) electrons. The molecule has 0 heterocycles. The van der Waals surface area contributed by atoms with Gasteiger partial charge < -0.3 is 18.0 Å². The van der Waals surface area contributed by atoms with E-state index in [-0.39, 0.29) is 0 Å². The van der Waals surface area contributed by atoms with Crippen LogP contribution in [0.3, 0.4) is 0 Å². The minimum Gasteiger partial charge on any atom is -0.493 e. The summed E-state index contributed by atoms with van der Waals surface area (Å²) >= 11 is 0. The Bertz CT molecular complexity index is 718. The molecule has 0 aliphatic rings. The highest BCUT2D eigenvalue weighted by Gasteiger charge is 2.39. The van der Waals surface area contributed by atoms with Gasteiger partial charge in [0.25, 0.3) is 0 Å². The minimum atomic E-state index is -2.63. The molecule has 0 amide bonds. The van der Waals surface area contributed by atoms with Crippen LogP contribution in [-0.4, -0.2) is 35.2 Å². The van der Waals surface area contributed by atoms with Gasteiger partial charge in [-0.15, -0.1) is 0 Å². The number of hydrogen-bond donors (Lipinski definition) is 0. The second-order valence-corrected chi connectivity index (χ2v) is 10.3. The van der Waals surface area contributed by atoms with Crippen molar-refractivity contribution in [2.45, 2.75) is 65.8 Å². The van der Waals surface area contributed by atoms with E-state index in [2.05, 4.69) is 55.5 Å². The number of ether oxygens (including phenoxy) is 1. The van der Waals surface area contributed by atoms with Gasteiger partial charge in [-0.3, -0.25) is 0 Å². The van der Waals surface area contributed by atoms with Crippen molar-refractivity contribution < 1.29 is 18.0 Å². The van der Waals surface area contributed by atoms with Gasteiger partial charge in [0.2, 0.25) is 0 Å². The average molecular weight is 445 g/mol. The summed E-state index contributed by atoms with van der Waals surface area (Å²) in [6.07, 6.45) is 5.51. The van der Waals surface area contributed by atoms with E-state index in [4.69, 9.17) is 18.0 Å². The molecule has 0 saturated heterocycles. The molecule has 0 saturated carbocycles. The van der Waals surface area contributed by atoms with E-state index in [0.717, 1.165) is 30.2 Å². The third-order valence-corrected chi connectivity index (χ3v) is 8.35. The topological polar surface area (TPSA) is 36.9 Å². The fraction of sp³-hybridized carbons (Fsp3) is 0.538. The molecule has 0 N–H and O–H groups in total. The Labute approximate surface area is 190 Å². The summed E-state index contributed by atoms with van der Waals surface area (Å²) in [5.41, 5.74) is 3.65. The monoisotopic (exact) mass is 444 g/mol.